The van der Waals surface area contributed by atoms with Gasteiger partial charge in [0, 0.05) is 13.3 Å². The van der Waals surface area contributed by atoms with Crippen LogP contribution in [-0.2, 0) is 4.79 Å². The molecule has 2 atom stereocenters. The van der Waals surface area contributed by atoms with Crippen LogP contribution in [-0.4, -0.2) is 48.9 Å². The molecule has 1 rings (SSSR count). The van der Waals surface area contributed by atoms with E-state index in [-0.39, 0.29) is 5.91 Å². The third-order valence-corrected chi connectivity index (χ3v) is 7.39. The fourth-order valence-corrected chi connectivity index (χ4v) is 5.06. The first kappa shape index (κ1) is 29.9. The van der Waals surface area contributed by atoms with E-state index in [0.717, 1.165) is 30.7 Å². The summed E-state index contributed by atoms with van der Waals surface area (Å²) in [6.07, 6.45) is 30.4. The summed E-state index contributed by atoms with van der Waals surface area (Å²) in [6.45, 7) is 10.0. The van der Waals surface area contributed by atoms with E-state index in [1.165, 1.54) is 109 Å². The highest BCUT2D eigenvalue weighted by Crippen LogP contribution is 2.24. The lowest BCUT2D eigenvalue weighted by atomic mass is 10.0. The summed E-state index contributed by atoms with van der Waals surface area (Å²) in [5, 5.41) is 2.97. The molecule has 2 unspecified atom stereocenters. The Kier molecular flexibility index (Phi) is 18.3. The van der Waals surface area contributed by atoms with E-state index in [4.69, 9.17) is 4.99 Å². The van der Waals surface area contributed by atoms with Crippen LogP contribution >= 0.6 is 0 Å². The van der Waals surface area contributed by atoms with Gasteiger partial charge in [0.25, 0.3) is 0 Å². The van der Waals surface area contributed by atoms with Gasteiger partial charge in [-0.3, -0.25) is 9.28 Å². The summed E-state index contributed by atoms with van der Waals surface area (Å²) in [6, 6.07) is 0. The van der Waals surface area contributed by atoms with Crippen molar-refractivity contribution in [3.05, 3.63) is 12.2 Å². The predicted molar refractivity (Wildman–Crippen MR) is 145 cm³/mol. The van der Waals surface area contributed by atoms with Gasteiger partial charge in [0.2, 0.25) is 5.91 Å². The second-order valence-corrected chi connectivity index (χ2v) is 10.2. The maximum atomic E-state index is 11.2. The van der Waals surface area contributed by atoms with E-state index in [2.05, 4.69) is 37.5 Å². The Morgan fingerprint density at radius 3 is 1.97 bits per heavy atom. The highest BCUT2D eigenvalue weighted by Gasteiger charge is 2.37. The van der Waals surface area contributed by atoms with E-state index in [1.54, 1.807) is 6.92 Å². The number of carbonyl (C=O) groups excluding carboxylic acids is 1. The van der Waals surface area contributed by atoms with Crippen LogP contribution in [0.15, 0.2) is 17.1 Å². The normalized spacial score (nSPS) is 20.2. The van der Waals surface area contributed by atoms with Crippen LogP contribution in [0.4, 0.5) is 0 Å². The summed E-state index contributed by atoms with van der Waals surface area (Å²) in [5.41, 5.74) is 0. The van der Waals surface area contributed by atoms with Crippen molar-refractivity contribution in [1.82, 2.24) is 5.32 Å². The van der Waals surface area contributed by atoms with Crippen LogP contribution in [0.25, 0.3) is 0 Å². The Hall–Kier alpha value is -1.16. The topological polar surface area (TPSA) is 41.5 Å². The number of quaternary nitrogens is 1. The van der Waals surface area contributed by atoms with Gasteiger partial charge >= 0.3 is 0 Å². The molecule has 33 heavy (non-hydrogen) atoms. The molecule has 0 saturated carbocycles. The van der Waals surface area contributed by atoms with E-state index in [0.29, 0.717) is 6.17 Å². The zero-order valence-electron chi connectivity index (χ0n) is 22.5. The highest BCUT2D eigenvalue weighted by atomic mass is 16.1. The van der Waals surface area contributed by atoms with E-state index in [9.17, 15) is 4.79 Å². The van der Waals surface area contributed by atoms with Crippen LogP contribution in [0, 0.1) is 0 Å². The largest absolute Gasteiger partial charge is 0.351 e. The molecule has 0 aliphatic carbocycles. The summed E-state index contributed by atoms with van der Waals surface area (Å²) in [5.74, 6) is 0.0709. The Balaban J connectivity index is 1.93. The molecule has 0 saturated heterocycles. The Bertz CT molecular complexity index is 531. The lowest BCUT2D eigenvalue weighted by Crippen LogP contribution is -2.55. The standard InChI is InChI=1S/C29H55N3O/c1-4-6-7-8-9-10-11-12-13-14-15-16-17-18-19-20-21-22-23-29-31-25-27-32(29,5-2)26-24-30-28(3)33/h10-11,25,29H,4-9,12-24,26-27H2,1-3H3/p+1/b11-10+. The van der Waals surface area contributed by atoms with Crippen molar-refractivity contribution in [1.29, 1.82) is 0 Å². The quantitative estimate of drug-likeness (QED) is 0.101. The first-order chi connectivity index (χ1) is 16.1. The Labute approximate surface area is 206 Å². The molecule has 0 aromatic carbocycles. The van der Waals surface area contributed by atoms with Crippen molar-refractivity contribution in [3.8, 4) is 0 Å². The number of nitrogens with zero attached hydrogens (tertiary/aromatic N) is 2. The minimum atomic E-state index is 0.0709. The average Bonchev–Trinajstić information content (AvgIpc) is 3.21. The fourth-order valence-electron chi connectivity index (χ4n) is 5.06. The molecular weight excluding hydrogens is 406 g/mol. The predicted octanol–water partition coefficient (Wildman–Crippen LogP) is 7.58. The van der Waals surface area contributed by atoms with Crippen molar-refractivity contribution in [3.63, 3.8) is 0 Å². The summed E-state index contributed by atoms with van der Waals surface area (Å²) < 4.78 is 1.02. The van der Waals surface area contributed by atoms with Crippen LogP contribution in [0.5, 0.6) is 0 Å². The van der Waals surface area contributed by atoms with Gasteiger partial charge in [0.05, 0.1) is 25.8 Å². The summed E-state index contributed by atoms with van der Waals surface area (Å²) in [4.78, 5) is 16.0. The van der Waals surface area contributed by atoms with E-state index in [1.807, 2.05) is 0 Å². The molecule has 0 fully saturated rings. The molecule has 0 aromatic heterocycles. The molecule has 4 heteroatoms. The molecule has 0 bridgehead atoms. The number of amides is 1. The lowest BCUT2D eigenvalue weighted by Gasteiger charge is -2.38. The number of rotatable bonds is 22. The number of hydrogen-bond donors (Lipinski definition) is 1. The van der Waals surface area contributed by atoms with Crippen LogP contribution in [0.3, 0.4) is 0 Å². The third-order valence-electron chi connectivity index (χ3n) is 7.39. The number of hydrogen-bond acceptors (Lipinski definition) is 2. The summed E-state index contributed by atoms with van der Waals surface area (Å²) in [7, 11) is 0. The number of carbonyl (C=O) groups is 1. The van der Waals surface area contributed by atoms with Crippen LogP contribution in [0.1, 0.15) is 130 Å². The highest BCUT2D eigenvalue weighted by molar-refractivity contribution is 5.72. The maximum absolute atomic E-state index is 11.2. The third kappa shape index (κ3) is 14.7. The first-order valence-electron chi connectivity index (χ1n) is 14.4. The molecule has 1 amide bonds. The monoisotopic (exact) mass is 462 g/mol. The number of nitrogens with one attached hydrogen (secondary N) is 1. The van der Waals surface area contributed by atoms with Crippen molar-refractivity contribution in [2.45, 2.75) is 136 Å². The van der Waals surface area contributed by atoms with Crippen molar-refractivity contribution in [2.24, 2.45) is 4.99 Å². The second-order valence-electron chi connectivity index (χ2n) is 10.2. The average molecular weight is 463 g/mol. The molecule has 1 aliphatic rings. The molecule has 0 radical (unpaired) electrons. The van der Waals surface area contributed by atoms with Crippen molar-refractivity contribution >= 4 is 12.1 Å². The van der Waals surface area contributed by atoms with Gasteiger partial charge in [0.1, 0.15) is 6.54 Å². The van der Waals surface area contributed by atoms with Crippen molar-refractivity contribution < 1.29 is 9.28 Å². The lowest BCUT2D eigenvalue weighted by molar-refractivity contribution is -0.935. The minimum absolute atomic E-state index is 0.0709. The van der Waals surface area contributed by atoms with Gasteiger partial charge in [-0.25, -0.2) is 4.99 Å². The fraction of sp³-hybridized carbons (Fsp3) is 0.862. The minimum Gasteiger partial charge on any atom is -0.351 e. The number of aliphatic imine (C=N–C) groups is 1. The Morgan fingerprint density at radius 2 is 1.42 bits per heavy atom. The smallest absolute Gasteiger partial charge is 0.217 e. The first-order valence-corrected chi connectivity index (χ1v) is 14.4. The molecular formula is C29H56N3O+. The van der Waals surface area contributed by atoms with E-state index < -0.39 is 0 Å². The summed E-state index contributed by atoms with van der Waals surface area (Å²) >= 11 is 0. The number of likely N-dealkylation sites (N-methyl/N-ethyl adjacent to an activating group) is 1. The van der Waals surface area contributed by atoms with Gasteiger partial charge < -0.3 is 5.32 Å². The number of allylic oxidation sites excluding steroid dienone is 2. The van der Waals surface area contributed by atoms with Crippen molar-refractivity contribution in [2.75, 3.05) is 26.2 Å². The molecule has 1 heterocycles. The molecule has 1 N–H and O–H groups in total. The van der Waals surface area contributed by atoms with Gasteiger partial charge in [-0.2, -0.15) is 0 Å². The zero-order valence-corrected chi connectivity index (χ0v) is 22.5. The molecule has 0 aromatic rings. The van der Waals surface area contributed by atoms with Crippen LogP contribution in [0.2, 0.25) is 0 Å². The Morgan fingerprint density at radius 1 is 0.879 bits per heavy atom. The maximum Gasteiger partial charge on any atom is 0.217 e. The molecule has 1 aliphatic heterocycles. The van der Waals surface area contributed by atoms with Gasteiger partial charge in [-0.1, -0.05) is 89.7 Å². The second kappa shape index (κ2) is 20.2. The van der Waals surface area contributed by atoms with E-state index >= 15 is 0 Å². The SMILES string of the molecule is CCCCCC/C=C/CCCCCCCCCCCCC1N=CC[N+]1(CC)CCNC(C)=O. The molecule has 0 spiro atoms. The molecule has 4 nitrogen and oxygen atoms in total. The molecule has 192 valence electrons. The van der Waals surface area contributed by atoms with Crippen LogP contribution < -0.4 is 5.32 Å². The van der Waals surface area contributed by atoms with Gasteiger partial charge in [0.15, 0.2) is 6.17 Å². The van der Waals surface area contributed by atoms with Gasteiger partial charge in [-0.15, -0.1) is 0 Å². The van der Waals surface area contributed by atoms with Gasteiger partial charge in [-0.05, 0) is 39.0 Å². The zero-order chi connectivity index (χ0) is 24.0. The number of unbranched alkanes of at least 4 members (excludes halogenated alkanes) is 14.